The van der Waals surface area contributed by atoms with Crippen LogP contribution in [0.4, 0.5) is 0 Å². The number of hydrogen-bond donors (Lipinski definition) is 1. The fourth-order valence-corrected chi connectivity index (χ4v) is 2.76. The summed E-state index contributed by atoms with van der Waals surface area (Å²) >= 11 is 0. The van der Waals surface area contributed by atoms with Crippen LogP contribution in [0, 0.1) is 11.8 Å². The molecule has 1 heterocycles. The third kappa shape index (κ3) is 3.74. The Morgan fingerprint density at radius 3 is 2.56 bits per heavy atom. The average Bonchev–Trinajstić information content (AvgIpc) is 2.28. The van der Waals surface area contributed by atoms with Gasteiger partial charge in [-0.05, 0) is 51.6 Å². The molecule has 4 atom stereocenters. The van der Waals surface area contributed by atoms with Crippen LogP contribution in [-0.4, -0.2) is 36.6 Å². The largest absolute Gasteiger partial charge is 0.317 e. The Labute approximate surface area is 102 Å². The average molecular weight is 226 g/mol. The van der Waals surface area contributed by atoms with Gasteiger partial charge in [0.1, 0.15) is 0 Å². The van der Waals surface area contributed by atoms with Crippen LogP contribution in [0.1, 0.15) is 47.5 Å². The summed E-state index contributed by atoms with van der Waals surface area (Å²) in [5, 5.41) is 3.47. The van der Waals surface area contributed by atoms with Gasteiger partial charge < -0.3 is 5.32 Å². The normalized spacial score (nSPS) is 31.3. The first kappa shape index (κ1) is 14.0. The summed E-state index contributed by atoms with van der Waals surface area (Å²) in [7, 11) is 0. The molecular formula is C14H30N2. The Bertz CT molecular complexity index is 193. The van der Waals surface area contributed by atoms with Gasteiger partial charge in [0.15, 0.2) is 0 Å². The maximum absolute atomic E-state index is 3.47. The lowest BCUT2D eigenvalue weighted by molar-refractivity contribution is 0.0596. The van der Waals surface area contributed by atoms with E-state index in [0.717, 1.165) is 31.0 Å². The maximum Gasteiger partial charge on any atom is 0.0108 e. The molecule has 0 aliphatic carbocycles. The molecule has 1 N–H and O–H groups in total. The smallest absolute Gasteiger partial charge is 0.0108 e. The molecule has 0 aromatic carbocycles. The summed E-state index contributed by atoms with van der Waals surface area (Å²) in [4.78, 5) is 2.72. The van der Waals surface area contributed by atoms with E-state index >= 15 is 0 Å². The quantitative estimate of drug-likeness (QED) is 0.775. The van der Waals surface area contributed by atoms with E-state index in [9.17, 15) is 0 Å². The van der Waals surface area contributed by atoms with Crippen LogP contribution in [0.15, 0.2) is 0 Å². The number of rotatable bonds is 5. The van der Waals surface area contributed by atoms with Crippen molar-refractivity contribution in [3.05, 3.63) is 0 Å². The minimum Gasteiger partial charge on any atom is -0.317 e. The van der Waals surface area contributed by atoms with Crippen molar-refractivity contribution in [2.45, 2.75) is 59.5 Å². The van der Waals surface area contributed by atoms with Gasteiger partial charge in [-0.25, -0.2) is 0 Å². The van der Waals surface area contributed by atoms with Crippen LogP contribution in [0.2, 0.25) is 0 Å². The van der Waals surface area contributed by atoms with Gasteiger partial charge >= 0.3 is 0 Å². The van der Waals surface area contributed by atoms with Crippen molar-refractivity contribution in [2.24, 2.45) is 11.8 Å². The van der Waals surface area contributed by atoms with E-state index in [1.54, 1.807) is 0 Å². The summed E-state index contributed by atoms with van der Waals surface area (Å²) < 4.78 is 0. The number of likely N-dealkylation sites (tertiary alicyclic amines) is 1. The fourth-order valence-electron chi connectivity index (χ4n) is 2.76. The van der Waals surface area contributed by atoms with Crippen molar-refractivity contribution in [1.82, 2.24) is 10.2 Å². The standard InChI is InChI=1S/C14H30N2/c1-6-15-9-12(3)14(5)16-10-11(2)7-8-13(16)4/h11-15H,6-10H2,1-5H3. The third-order valence-corrected chi connectivity index (χ3v) is 4.23. The fraction of sp³-hybridized carbons (Fsp3) is 1.00. The van der Waals surface area contributed by atoms with Gasteiger partial charge in [0.05, 0.1) is 0 Å². The lowest BCUT2D eigenvalue weighted by Gasteiger charge is -2.43. The molecule has 0 aromatic rings. The molecule has 0 bridgehead atoms. The molecule has 0 spiro atoms. The van der Waals surface area contributed by atoms with Crippen molar-refractivity contribution >= 4 is 0 Å². The molecular weight excluding hydrogens is 196 g/mol. The van der Waals surface area contributed by atoms with Gasteiger partial charge in [-0.3, -0.25) is 4.90 Å². The van der Waals surface area contributed by atoms with Crippen LogP contribution in [0.25, 0.3) is 0 Å². The number of hydrogen-bond acceptors (Lipinski definition) is 2. The van der Waals surface area contributed by atoms with E-state index in [0.29, 0.717) is 6.04 Å². The van der Waals surface area contributed by atoms with Crippen molar-refractivity contribution in [3.63, 3.8) is 0 Å². The van der Waals surface area contributed by atoms with Crippen LogP contribution >= 0.6 is 0 Å². The monoisotopic (exact) mass is 226 g/mol. The van der Waals surface area contributed by atoms with Gasteiger partial charge in [-0.1, -0.05) is 20.8 Å². The SMILES string of the molecule is CCNCC(C)C(C)N1CC(C)CCC1C. The highest BCUT2D eigenvalue weighted by Crippen LogP contribution is 2.25. The summed E-state index contributed by atoms with van der Waals surface area (Å²) in [6.07, 6.45) is 2.78. The van der Waals surface area contributed by atoms with Gasteiger partial charge in [-0.15, -0.1) is 0 Å². The predicted molar refractivity (Wildman–Crippen MR) is 71.7 cm³/mol. The van der Waals surface area contributed by atoms with Gasteiger partial charge in [0.25, 0.3) is 0 Å². The second kappa shape index (κ2) is 6.61. The highest BCUT2D eigenvalue weighted by Gasteiger charge is 2.28. The first-order valence-corrected chi connectivity index (χ1v) is 7.02. The molecule has 1 saturated heterocycles. The van der Waals surface area contributed by atoms with E-state index in [2.05, 4.69) is 44.8 Å². The summed E-state index contributed by atoms with van der Waals surface area (Å²) in [5.41, 5.74) is 0. The first-order chi connectivity index (χ1) is 7.56. The van der Waals surface area contributed by atoms with E-state index in [1.807, 2.05) is 0 Å². The van der Waals surface area contributed by atoms with Crippen molar-refractivity contribution in [3.8, 4) is 0 Å². The zero-order valence-corrected chi connectivity index (χ0v) is 11.8. The number of piperidine rings is 1. The molecule has 0 radical (unpaired) electrons. The Hall–Kier alpha value is -0.0800. The zero-order chi connectivity index (χ0) is 12.1. The van der Waals surface area contributed by atoms with E-state index < -0.39 is 0 Å². The molecule has 96 valence electrons. The number of nitrogens with one attached hydrogen (secondary N) is 1. The maximum atomic E-state index is 3.47. The zero-order valence-electron chi connectivity index (χ0n) is 11.8. The molecule has 0 aromatic heterocycles. The summed E-state index contributed by atoms with van der Waals surface area (Å²) in [6, 6.07) is 1.48. The first-order valence-electron chi connectivity index (χ1n) is 7.02. The summed E-state index contributed by atoms with van der Waals surface area (Å²) in [6.45, 7) is 15.3. The molecule has 0 saturated carbocycles. The Morgan fingerprint density at radius 1 is 1.25 bits per heavy atom. The molecule has 16 heavy (non-hydrogen) atoms. The Morgan fingerprint density at radius 2 is 1.94 bits per heavy atom. The van der Waals surface area contributed by atoms with Crippen molar-refractivity contribution < 1.29 is 0 Å². The van der Waals surface area contributed by atoms with Crippen molar-refractivity contribution in [2.75, 3.05) is 19.6 Å². The van der Waals surface area contributed by atoms with Crippen LogP contribution in [0.3, 0.4) is 0 Å². The highest BCUT2D eigenvalue weighted by atomic mass is 15.2. The lowest BCUT2D eigenvalue weighted by Crippen LogP contribution is -2.50. The topological polar surface area (TPSA) is 15.3 Å². The second-order valence-electron chi connectivity index (χ2n) is 5.75. The van der Waals surface area contributed by atoms with Crippen LogP contribution in [0.5, 0.6) is 0 Å². The van der Waals surface area contributed by atoms with E-state index in [-0.39, 0.29) is 0 Å². The minimum absolute atomic E-state index is 0.705. The molecule has 1 rings (SSSR count). The summed E-state index contributed by atoms with van der Waals surface area (Å²) in [5.74, 6) is 1.62. The Balaban J connectivity index is 2.46. The molecule has 2 heteroatoms. The van der Waals surface area contributed by atoms with E-state index in [4.69, 9.17) is 0 Å². The number of nitrogens with zero attached hydrogens (tertiary/aromatic N) is 1. The molecule has 2 nitrogen and oxygen atoms in total. The molecule has 4 unspecified atom stereocenters. The van der Waals surface area contributed by atoms with E-state index in [1.165, 1.54) is 19.4 Å². The van der Waals surface area contributed by atoms with Crippen molar-refractivity contribution in [1.29, 1.82) is 0 Å². The third-order valence-electron chi connectivity index (χ3n) is 4.23. The van der Waals surface area contributed by atoms with Gasteiger partial charge in [-0.2, -0.15) is 0 Å². The van der Waals surface area contributed by atoms with Crippen LogP contribution < -0.4 is 5.32 Å². The minimum atomic E-state index is 0.705. The van der Waals surface area contributed by atoms with Gasteiger partial charge in [0.2, 0.25) is 0 Å². The van der Waals surface area contributed by atoms with Crippen LogP contribution in [-0.2, 0) is 0 Å². The molecule has 0 amide bonds. The molecule has 1 aliphatic rings. The molecule has 1 aliphatic heterocycles. The lowest BCUT2D eigenvalue weighted by atomic mass is 9.90. The molecule has 1 fully saturated rings. The predicted octanol–water partition coefficient (Wildman–Crippen LogP) is 2.74. The Kier molecular flexibility index (Phi) is 5.77. The van der Waals surface area contributed by atoms with Gasteiger partial charge in [0, 0.05) is 18.6 Å². The second-order valence-corrected chi connectivity index (χ2v) is 5.75. The highest BCUT2D eigenvalue weighted by molar-refractivity contribution is 4.83.